The van der Waals surface area contributed by atoms with Gasteiger partial charge in [-0.3, -0.25) is 0 Å². The molecule has 2 rings (SSSR count). The Bertz CT molecular complexity index is 553. The van der Waals surface area contributed by atoms with Crippen LogP contribution in [-0.2, 0) is 13.6 Å². The van der Waals surface area contributed by atoms with Crippen molar-refractivity contribution in [2.45, 2.75) is 13.5 Å². The van der Waals surface area contributed by atoms with Crippen LogP contribution in [0.15, 0.2) is 23.2 Å². The second-order valence-corrected chi connectivity index (χ2v) is 4.99. The van der Waals surface area contributed by atoms with E-state index in [4.69, 9.17) is 0 Å². The number of anilines is 2. The van der Waals surface area contributed by atoms with Gasteiger partial charge in [0.15, 0.2) is 0 Å². The van der Waals surface area contributed by atoms with E-state index >= 15 is 0 Å². The Morgan fingerprint density at radius 2 is 2.16 bits per heavy atom. The zero-order chi connectivity index (χ0) is 13.8. The molecule has 0 amide bonds. The van der Waals surface area contributed by atoms with Crippen LogP contribution in [0.1, 0.15) is 12.7 Å². The van der Waals surface area contributed by atoms with Gasteiger partial charge in [-0.25, -0.2) is 15.0 Å². The summed E-state index contributed by atoms with van der Waals surface area (Å²) >= 11 is 3.55. The summed E-state index contributed by atoms with van der Waals surface area (Å²) in [5.41, 5.74) is 0. The molecule has 0 atom stereocenters. The van der Waals surface area contributed by atoms with Crippen molar-refractivity contribution >= 4 is 27.6 Å². The van der Waals surface area contributed by atoms with E-state index in [1.807, 2.05) is 36.7 Å². The summed E-state index contributed by atoms with van der Waals surface area (Å²) < 4.78 is 2.87. The number of aryl methyl sites for hydroxylation is 1. The Morgan fingerprint density at radius 3 is 2.79 bits per heavy atom. The van der Waals surface area contributed by atoms with Crippen LogP contribution in [0.5, 0.6) is 0 Å². The molecule has 0 aliphatic carbocycles. The molecule has 102 valence electrons. The number of nitrogens with zero attached hydrogens (tertiary/aromatic N) is 5. The molecular weight excluding hydrogens is 308 g/mol. The molecule has 0 spiro atoms. The molecule has 7 heteroatoms. The number of imidazole rings is 1. The van der Waals surface area contributed by atoms with E-state index in [1.54, 1.807) is 12.5 Å². The Labute approximate surface area is 121 Å². The minimum atomic E-state index is 0.685. The first kappa shape index (κ1) is 13.8. The average molecular weight is 325 g/mol. The average Bonchev–Trinajstić information content (AvgIpc) is 2.78. The molecular formula is C12H17BrN6. The van der Waals surface area contributed by atoms with Gasteiger partial charge in [0.2, 0.25) is 0 Å². The normalized spacial score (nSPS) is 10.5. The van der Waals surface area contributed by atoms with Crippen LogP contribution in [0.25, 0.3) is 0 Å². The molecule has 0 saturated heterocycles. The van der Waals surface area contributed by atoms with Crippen LogP contribution >= 0.6 is 15.9 Å². The summed E-state index contributed by atoms with van der Waals surface area (Å²) in [4.78, 5) is 14.9. The second-order valence-electron chi connectivity index (χ2n) is 4.20. The number of hydrogen-bond acceptors (Lipinski definition) is 5. The maximum atomic E-state index is 4.32. The van der Waals surface area contributed by atoms with Crippen LogP contribution in [-0.4, -0.2) is 33.1 Å². The summed E-state index contributed by atoms with van der Waals surface area (Å²) in [6.45, 7) is 3.54. The molecule has 2 heterocycles. The standard InChI is InChI=1S/C12H17BrN6/c1-4-14-11-10(13)12(17-8-16-11)19(3)7-9-15-5-6-18(9)2/h5-6,8H,4,7H2,1-3H3,(H,14,16,17). The van der Waals surface area contributed by atoms with Crippen LogP contribution in [0.2, 0.25) is 0 Å². The number of nitrogens with one attached hydrogen (secondary N) is 1. The van der Waals surface area contributed by atoms with Crippen molar-refractivity contribution < 1.29 is 0 Å². The Kier molecular flexibility index (Phi) is 4.36. The molecule has 0 fully saturated rings. The first-order valence-electron chi connectivity index (χ1n) is 6.05. The highest BCUT2D eigenvalue weighted by Crippen LogP contribution is 2.29. The first-order chi connectivity index (χ1) is 9.13. The molecule has 0 aromatic carbocycles. The third kappa shape index (κ3) is 3.04. The van der Waals surface area contributed by atoms with Gasteiger partial charge < -0.3 is 14.8 Å². The van der Waals surface area contributed by atoms with Gasteiger partial charge >= 0.3 is 0 Å². The van der Waals surface area contributed by atoms with Crippen molar-refractivity contribution in [1.82, 2.24) is 19.5 Å². The second kappa shape index (κ2) is 6.01. The molecule has 2 aromatic heterocycles. The Balaban J connectivity index is 2.21. The summed E-state index contributed by atoms with van der Waals surface area (Å²) in [6, 6.07) is 0. The minimum absolute atomic E-state index is 0.685. The molecule has 19 heavy (non-hydrogen) atoms. The molecule has 0 aliphatic heterocycles. The van der Waals surface area contributed by atoms with Gasteiger partial charge in [-0.1, -0.05) is 0 Å². The van der Waals surface area contributed by atoms with Crippen molar-refractivity contribution in [2.24, 2.45) is 7.05 Å². The highest BCUT2D eigenvalue weighted by molar-refractivity contribution is 9.10. The minimum Gasteiger partial charge on any atom is -0.369 e. The monoisotopic (exact) mass is 324 g/mol. The van der Waals surface area contributed by atoms with E-state index in [2.05, 4.69) is 36.2 Å². The Morgan fingerprint density at radius 1 is 1.37 bits per heavy atom. The summed E-state index contributed by atoms with van der Waals surface area (Å²) in [7, 11) is 3.97. The van der Waals surface area contributed by atoms with Gasteiger partial charge in [-0.2, -0.15) is 0 Å². The van der Waals surface area contributed by atoms with Gasteiger partial charge in [0.25, 0.3) is 0 Å². The number of rotatable bonds is 5. The molecule has 0 radical (unpaired) electrons. The van der Waals surface area contributed by atoms with E-state index in [0.29, 0.717) is 6.54 Å². The molecule has 0 unspecified atom stereocenters. The highest BCUT2D eigenvalue weighted by atomic mass is 79.9. The fourth-order valence-corrected chi connectivity index (χ4v) is 2.40. The predicted octanol–water partition coefficient (Wildman–Crippen LogP) is 2.04. The van der Waals surface area contributed by atoms with Gasteiger partial charge in [-0.15, -0.1) is 0 Å². The highest BCUT2D eigenvalue weighted by Gasteiger charge is 2.13. The van der Waals surface area contributed by atoms with Crippen molar-refractivity contribution in [2.75, 3.05) is 23.8 Å². The molecule has 6 nitrogen and oxygen atoms in total. The van der Waals surface area contributed by atoms with Gasteiger partial charge in [0.1, 0.15) is 28.3 Å². The lowest BCUT2D eigenvalue weighted by Crippen LogP contribution is -2.21. The topological polar surface area (TPSA) is 58.9 Å². The maximum Gasteiger partial charge on any atom is 0.148 e. The van der Waals surface area contributed by atoms with Crippen LogP contribution in [0, 0.1) is 0 Å². The third-order valence-electron chi connectivity index (χ3n) is 2.78. The van der Waals surface area contributed by atoms with E-state index in [-0.39, 0.29) is 0 Å². The zero-order valence-electron chi connectivity index (χ0n) is 11.3. The lowest BCUT2D eigenvalue weighted by atomic mass is 10.4. The van der Waals surface area contributed by atoms with Crippen molar-refractivity contribution in [3.8, 4) is 0 Å². The number of hydrogen-bond donors (Lipinski definition) is 1. The van der Waals surface area contributed by atoms with Crippen molar-refractivity contribution in [1.29, 1.82) is 0 Å². The lowest BCUT2D eigenvalue weighted by Gasteiger charge is -2.20. The quantitative estimate of drug-likeness (QED) is 0.912. The van der Waals surface area contributed by atoms with E-state index in [0.717, 1.165) is 28.5 Å². The summed E-state index contributed by atoms with van der Waals surface area (Å²) in [5.74, 6) is 2.63. The molecule has 0 bridgehead atoms. The van der Waals surface area contributed by atoms with E-state index in [1.165, 1.54) is 0 Å². The summed E-state index contributed by atoms with van der Waals surface area (Å²) in [6.07, 6.45) is 5.29. The largest absolute Gasteiger partial charge is 0.369 e. The van der Waals surface area contributed by atoms with Crippen LogP contribution in [0.3, 0.4) is 0 Å². The predicted molar refractivity (Wildman–Crippen MR) is 79.2 cm³/mol. The molecule has 2 aromatic rings. The van der Waals surface area contributed by atoms with Gasteiger partial charge in [0.05, 0.1) is 6.54 Å². The Hall–Kier alpha value is -1.63. The molecule has 0 saturated carbocycles. The van der Waals surface area contributed by atoms with Gasteiger partial charge in [0, 0.05) is 33.0 Å². The van der Waals surface area contributed by atoms with Crippen molar-refractivity contribution in [3.63, 3.8) is 0 Å². The fraction of sp³-hybridized carbons (Fsp3) is 0.417. The zero-order valence-corrected chi connectivity index (χ0v) is 12.8. The molecule has 0 aliphatic rings. The third-order valence-corrected chi connectivity index (χ3v) is 3.51. The van der Waals surface area contributed by atoms with Crippen LogP contribution in [0.4, 0.5) is 11.6 Å². The number of aromatic nitrogens is 4. The van der Waals surface area contributed by atoms with Crippen molar-refractivity contribution in [3.05, 3.63) is 29.0 Å². The smallest absolute Gasteiger partial charge is 0.148 e. The van der Waals surface area contributed by atoms with E-state index < -0.39 is 0 Å². The molecule has 1 N–H and O–H groups in total. The van der Waals surface area contributed by atoms with E-state index in [9.17, 15) is 0 Å². The SMILES string of the molecule is CCNc1ncnc(N(C)Cc2nccn2C)c1Br. The van der Waals surface area contributed by atoms with Gasteiger partial charge in [-0.05, 0) is 22.9 Å². The number of halogens is 1. The summed E-state index contributed by atoms with van der Waals surface area (Å²) in [5, 5.41) is 3.20. The first-order valence-corrected chi connectivity index (χ1v) is 6.84. The lowest BCUT2D eigenvalue weighted by molar-refractivity contribution is 0.753. The fourth-order valence-electron chi connectivity index (χ4n) is 1.75. The maximum absolute atomic E-state index is 4.32. The van der Waals surface area contributed by atoms with Crippen LogP contribution < -0.4 is 10.2 Å².